The van der Waals surface area contributed by atoms with Crippen molar-refractivity contribution in [1.82, 2.24) is 4.90 Å². The first-order valence-corrected chi connectivity index (χ1v) is 5.52. The van der Waals surface area contributed by atoms with Gasteiger partial charge < -0.3 is 4.90 Å². The van der Waals surface area contributed by atoms with E-state index in [9.17, 15) is 4.79 Å². The monoisotopic (exact) mass is 180 g/mol. The smallest absolute Gasteiger partial charge is 0.201 e. The zero-order valence-corrected chi connectivity index (χ0v) is 8.17. The number of nitrogens with zero attached hydrogens (tertiary/aromatic N) is 1. The largest absolute Gasteiger partial charge is 0.300 e. The molecule has 1 aliphatic carbocycles. The number of hydrogen-bond donors (Lipinski definition) is 0. The minimum absolute atomic E-state index is 0.249. The van der Waals surface area contributed by atoms with Crippen LogP contribution in [0.15, 0.2) is 0 Å². The molecule has 0 aromatic carbocycles. The van der Waals surface area contributed by atoms with Crippen LogP contribution in [0.25, 0.3) is 0 Å². The molecule has 1 saturated heterocycles. The second-order valence-electron chi connectivity index (χ2n) is 4.37. The fourth-order valence-corrected chi connectivity index (χ4v) is 2.67. The van der Waals surface area contributed by atoms with Crippen molar-refractivity contribution in [1.29, 1.82) is 0 Å². The Balaban J connectivity index is 1.79. The molecular weight excluding hydrogens is 162 g/mol. The highest BCUT2D eigenvalue weighted by molar-refractivity contribution is 5.54. The molecule has 73 valence electrons. The van der Waals surface area contributed by atoms with E-state index in [0.29, 0.717) is 0 Å². The van der Waals surface area contributed by atoms with Crippen LogP contribution in [0.1, 0.15) is 38.5 Å². The van der Waals surface area contributed by atoms with E-state index in [4.69, 9.17) is 0 Å². The predicted molar refractivity (Wildman–Crippen MR) is 52.2 cm³/mol. The molecule has 1 aliphatic heterocycles. The van der Waals surface area contributed by atoms with Gasteiger partial charge in [-0.25, -0.2) is 0 Å². The number of likely N-dealkylation sites (tertiary alicyclic amines) is 1. The molecule has 0 atom stereocenters. The van der Waals surface area contributed by atoms with Gasteiger partial charge in [0.25, 0.3) is 0 Å². The standard InChI is InChI=1S/C11H18NO/c13-9-10-3-5-11(6-4-10)12-7-1-2-8-12/h10-11H,1-8H2. The van der Waals surface area contributed by atoms with E-state index in [1.54, 1.807) is 0 Å². The van der Waals surface area contributed by atoms with Crippen molar-refractivity contribution in [2.75, 3.05) is 13.1 Å². The summed E-state index contributed by atoms with van der Waals surface area (Å²) in [4.78, 5) is 13.1. The van der Waals surface area contributed by atoms with Gasteiger partial charge in [-0.15, -0.1) is 0 Å². The highest BCUT2D eigenvalue weighted by atomic mass is 16.1. The van der Waals surface area contributed by atoms with Gasteiger partial charge >= 0.3 is 0 Å². The fraction of sp³-hybridized carbons (Fsp3) is 0.909. The van der Waals surface area contributed by atoms with E-state index < -0.39 is 0 Å². The van der Waals surface area contributed by atoms with Gasteiger partial charge in [-0.2, -0.15) is 0 Å². The summed E-state index contributed by atoms with van der Waals surface area (Å²) in [5.74, 6) is 0.249. The summed E-state index contributed by atoms with van der Waals surface area (Å²) >= 11 is 0. The van der Waals surface area contributed by atoms with Crippen LogP contribution in [0.3, 0.4) is 0 Å². The van der Waals surface area contributed by atoms with Crippen LogP contribution < -0.4 is 0 Å². The van der Waals surface area contributed by atoms with Crippen LogP contribution in [0.4, 0.5) is 0 Å². The highest BCUT2D eigenvalue weighted by Crippen LogP contribution is 2.28. The SMILES string of the molecule is O=[C]C1CCC(N2CCCC2)CC1. The van der Waals surface area contributed by atoms with Gasteiger partial charge in [0.05, 0.1) is 0 Å². The molecule has 1 radical (unpaired) electrons. The Hall–Kier alpha value is -0.370. The van der Waals surface area contributed by atoms with E-state index in [1.165, 1.54) is 38.8 Å². The van der Waals surface area contributed by atoms with Crippen LogP contribution >= 0.6 is 0 Å². The highest BCUT2D eigenvalue weighted by Gasteiger charge is 2.27. The fourth-order valence-electron chi connectivity index (χ4n) is 2.67. The lowest BCUT2D eigenvalue weighted by Gasteiger charge is -2.32. The lowest BCUT2D eigenvalue weighted by molar-refractivity contribution is 0.179. The maximum Gasteiger partial charge on any atom is 0.201 e. The van der Waals surface area contributed by atoms with Gasteiger partial charge in [0.15, 0.2) is 0 Å². The summed E-state index contributed by atoms with van der Waals surface area (Å²) in [6.07, 6.45) is 9.49. The summed E-state index contributed by atoms with van der Waals surface area (Å²) < 4.78 is 0. The third-order valence-electron chi connectivity index (χ3n) is 3.52. The van der Waals surface area contributed by atoms with Gasteiger partial charge in [-0.1, -0.05) is 0 Å². The van der Waals surface area contributed by atoms with Crippen LogP contribution in [0.5, 0.6) is 0 Å². The number of carbonyl (C=O) groups excluding carboxylic acids is 1. The first kappa shape index (κ1) is 9.20. The van der Waals surface area contributed by atoms with Crippen molar-refractivity contribution in [3.8, 4) is 0 Å². The molecule has 0 amide bonds. The Morgan fingerprint density at radius 1 is 1.00 bits per heavy atom. The molecule has 0 N–H and O–H groups in total. The van der Waals surface area contributed by atoms with E-state index in [-0.39, 0.29) is 5.92 Å². The summed E-state index contributed by atoms with van der Waals surface area (Å²) in [5, 5.41) is 0. The first-order valence-electron chi connectivity index (χ1n) is 5.52. The average molecular weight is 180 g/mol. The molecule has 2 aliphatic rings. The van der Waals surface area contributed by atoms with Crippen LogP contribution in [-0.4, -0.2) is 30.3 Å². The molecule has 13 heavy (non-hydrogen) atoms. The molecule has 0 unspecified atom stereocenters. The third kappa shape index (κ3) is 2.11. The number of hydrogen-bond acceptors (Lipinski definition) is 2. The zero-order chi connectivity index (χ0) is 9.10. The van der Waals surface area contributed by atoms with Crippen molar-refractivity contribution in [2.45, 2.75) is 44.6 Å². The molecule has 0 aromatic rings. The van der Waals surface area contributed by atoms with Gasteiger partial charge in [-0.3, -0.25) is 4.79 Å². The Labute approximate surface area is 80.3 Å². The van der Waals surface area contributed by atoms with E-state index >= 15 is 0 Å². The maximum absolute atomic E-state index is 10.4. The Morgan fingerprint density at radius 3 is 2.15 bits per heavy atom. The molecule has 2 heteroatoms. The topological polar surface area (TPSA) is 20.3 Å². The average Bonchev–Trinajstić information content (AvgIpc) is 2.71. The normalized spacial score (nSPS) is 36.3. The summed E-state index contributed by atoms with van der Waals surface area (Å²) in [5.41, 5.74) is 0. The lowest BCUT2D eigenvalue weighted by Crippen LogP contribution is -2.36. The van der Waals surface area contributed by atoms with E-state index in [0.717, 1.165) is 18.9 Å². The molecule has 2 fully saturated rings. The Kier molecular flexibility index (Phi) is 2.99. The molecule has 0 bridgehead atoms. The van der Waals surface area contributed by atoms with Crippen LogP contribution in [-0.2, 0) is 4.79 Å². The second kappa shape index (κ2) is 4.23. The van der Waals surface area contributed by atoms with Gasteiger partial charge in [0.1, 0.15) is 0 Å². The summed E-state index contributed by atoms with van der Waals surface area (Å²) in [6, 6.07) is 0.784. The van der Waals surface area contributed by atoms with Crippen molar-refractivity contribution >= 4 is 6.29 Å². The molecule has 0 aromatic heterocycles. The van der Waals surface area contributed by atoms with E-state index in [2.05, 4.69) is 11.2 Å². The molecule has 0 spiro atoms. The minimum Gasteiger partial charge on any atom is -0.300 e. The van der Waals surface area contributed by atoms with E-state index in [1.807, 2.05) is 0 Å². The maximum atomic E-state index is 10.4. The zero-order valence-electron chi connectivity index (χ0n) is 8.17. The van der Waals surface area contributed by atoms with Gasteiger partial charge in [0, 0.05) is 12.0 Å². The van der Waals surface area contributed by atoms with Crippen molar-refractivity contribution in [2.24, 2.45) is 5.92 Å². The van der Waals surface area contributed by atoms with Gasteiger partial charge in [0.2, 0.25) is 6.29 Å². The predicted octanol–water partition coefficient (Wildman–Crippen LogP) is 1.75. The minimum atomic E-state index is 0.249. The molecular formula is C11H18NO. The van der Waals surface area contributed by atoms with Crippen LogP contribution in [0.2, 0.25) is 0 Å². The second-order valence-corrected chi connectivity index (χ2v) is 4.37. The molecule has 1 heterocycles. The van der Waals surface area contributed by atoms with Gasteiger partial charge in [-0.05, 0) is 51.6 Å². The molecule has 2 nitrogen and oxygen atoms in total. The van der Waals surface area contributed by atoms with Crippen molar-refractivity contribution in [3.05, 3.63) is 0 Å². The van der Waals surface area contributed by atoms with Crippen molar-refractivity contribution in [3.63, 3.8) is 0 Å². The third-order valence-corrected chi connectivity index (χ3v) is 3.52. The Morgan fingerprint density at radius 2 is 1.62 bits per heavy atom. The summed E-state index contributed by atoms with van der Waals surface area (Å²) in [7, 11) is 0. The van der Waals surface area contributed by atoms with Crippen LogP contribution in [0, 0.1) is 5.92 Å². The first-order chi connectivity index (χ1) is 6.40. The summed E-state index contributed by atoms with van der Waals surface area (Å²) in [6.45, 7) is 2.58. The lowest BCUT2D eigenvalue weighted by atomic mass is 9.86. The van der Waals surface area contributed by atoms with Crippen molar-refractivity contribution < 1.29 is 4.79 Å². The molecule has 2 rings (SSSR count). The Bertz CT molecular complexity index is 167. The molecule has 1 saturated carbocycles. The quantitative estimate of drug-likeness (QED) is 0.645. The number of rotatable bonds is 2.